The fourth-order valence-corrected chi connectivity index (χ4v) is 4.94. The summed E-state index contributed by atoms with van der Waals surface area (Å²) in [5, 5.41) is 9.01. The molecule has 4 aromatic rings. The second-order valence-electron chi connectivity index (χ2n) is 9.61. The van der Waals surface area contributed by atoms with Gasteiger partial charge in [0.2, 0.25) is 5.91 Å². The van der Waals surface area contributed by atoms with Gasteiger partial charge in [0.25, 0.3) is 5.56 Å². The Bertz CT molecular complexity index is 1470. The average Bonchev–Trinajstić information content (AvgIpc) is 3.33. The molecule has 1 amide bonds. The van der Waals surface area contributed by atoms with Gasteiger partial charge in [-0.05, 0) is 56.5 Å². The van der Waals surface area contributed by atoms with E-state index in [4.69, 9.17) is 0 Å². The number of hydrogen-bond donors (Lipinski definition) is 0. The first-order valence-electron chi connectivity index (χ1n) is 12.5. The standard InChI is InChI=1S/C28H32N6O2/c1-5-22-9-11-23(12-10-22)25-16-26-28(36)33(29-21(4)34(26)30-25)18-27(35)31-13-14-32(20(3)17-31)24-8-6-7-19(2)15-24/h6-12,15-16,20H,5,13-14,17-18H2,1-4H3/t20-/m1/s1. The van der Waals surface area contributed by atoms with E-state index in [1.807, 2.05) is 17.0 Å². The molecule has 1 saturated heterocycles. The summed E-state index contributed by atoms with van der Waals surface area (Å²) in [6.07, 6.45) is 0.965. The molecule has 5 rings (SSSR count). The third kappa shape index (κ3) is 4.51. The number of piperazine rings is 1. The number of aryl methyl sites for hydroxylation is 3. The van der Waals surface area contributed by atoms with Gasteiger partial charge >= 0.3 is 0 Å². The number of anilines is 1. The molecular formula is C28H32N6O2. The molecule has 0 unspecified atom stereocenters. The van der Waals surface area contributed by atoms with Crippen LogP contribution in [-0.2, 0) is 17.8 Å². The molecule has 2 aromatic carbocycles. The van der Waals surface area contributed by atoms with Crippen molar-refractivity contribution in [3.63, 3.8) is 0 Å². The Morgan fingerprint density at radius 1 is 1.03 bits per heavy atom. The minimum absolute atomic E-state index is 0.0843. The smallest absolute Gasteiger partial charge is 0.293 e. The first-order valence-corrected chi connectivity index (χ1v) is 12.5. The van der Waals surface area contributed by atoms with Crippen molar-refractivity contribution in [2.24, 2.45) is 0 Å². The van der Waals surface area contributed by atoms with E-state index in [1.54, 1.807) is 17.5 Å². The van der Waals surface area contributed by atoms with Crippen molar-refractivity contribution in [3.05, 3.63) is 81.9 Å². The van der Waals surface area contributed by atoms with Crippen LogP contribution >= 0.6 is 0 Å². The number of amides is 1. The van der Waals surface area contributed by atoms with Gasteiger partial charge in [-0.25, -0.2) is 9.20 Å². The van der Waals surface area contributed by atoms with E-state index in [2.05, 4.69) is 72.3 Å². The molecular weight excluding hydrogens is 452 g/mol. The van der Waals surface area contributed by atoms with Crippen LogP contribution in [0.3, 0.4) is 0 Å². The fraction of sp³-hybridized carbons (Fsp3) is 0.357. The molecule has 1 atom stereocenters. The van der Waals surface area contributed by atoms with Gasteiger partial charge in [0.15, 0.2) is 0 Å². The summed E-state index contributed by atoms with van der Waals surface area (Å²) in [6.45, 7) is 10.0. The lowest BCUT2D eigenvalue weighted by Gasteiger charge is -2.41. The highest BCUT2D eigenvalue weighted by Gasteiger charge is 2.27. The van der Waals surface area contributed by atoms with E-state index in [1.165, 1.54) is 21.5 Å². The first-order chi connectivity index (χ1) is 17.3. The first kappa shape index (κ1) is 23.8. The lowest BCUT2D eigenvalue weighted by atomic mass is 10.1. The van der Waals surface area contributed by atoms with Gasteiger partial charge in [-0.1, -0.05) is 43.3 Å². The number of aromatic nitrogens is 4. The van der Waals surface area contributed by atoms with Crippen LogP contribution in [0.1, 0.15) is 30.8 Å². The molecule has 36 heavy (non-hydrogen) atoms. The van der Waals surface area contributed by atoms with Gasteiger partial charge in [0.1, 0.15) is 17.9 Å². The number of hydrogen-bond acceptors (Lipinski definition) is 5. The molecule has 0 N–H and O–H groups in total. The molecule has 0 aliphatic carbocycles. The number of fused-ring (bicyclic) bond motifs is 1. The summed E-state index contributed by atoms with van der Waals surface area (Å²) >= 11 is 0. The molecule has 3 heterocycles. The number of nitrogens with zero attached hydrogens (tertiary/aromatic N) is 6. The largest absolute Gasteiger partial charge is 0.365 e. The summed E-state index contributed by atoms with van der Waals surface area (Å²) < 4.78 is 2.84. The maximum Gasteiger partial charge on any atom is 0.293 e. The lowest BCUT2D eigenvalue weighted by Crippen LogP contribution is -2.54. The molecule has 186 valence electrons. The van der Waals surface area contributed by atoms with Crippen LogP contribution in [0.4, 0.5) is 5.69 Å². The van der Waals surface area contributed by atoms with Crippen LogP contribution in [0.2, 0.25) is 0 Å². The third-order valence-corrected chi connectivity index (χ3v) is 6.99. The summed E-state index contributed by atoms with van der Waals surface area (Å²) in [5.41, 5.74) is 5.40. The molecule has 8 heteroatoms. The van der Waals surface area contributed by atoms with Crippen molar-refractivity contribution in [1.29, 1.82) is 0 Å². The Hall–Kier alpha value is -3.94. The Kier molecular flexibility index (Phi) is 6.35. The molecule has 0 radical (unpaired) electrons. The van der Waals surface area contributed by atoms with Gasteiger partial charge in [-0.2, -0.15) is 10.2 Å². The molecule has 8 nitrogen and oxygen atoms in total. The average molecular weight is 485 g/mol. The topological polar surface area (TPSA) is 75.7 Å². The summed E-state index contributed by atoms with van der Waals surface area (Å²) in [4.78, 5) is 30.6. The maximum absolute atomic E-state index is 13.2. The van der Waals surface area contributed by atoms with E-state index in [9.17, 15) is 9.59 Å². The van der Waals surface area contributed by atoms with E-state index < -0.39 is 0 Å². The Balaban J connectivity index is 1.34. The Morgan fingerprint density at radius 2 is 1.81 bits per heavy atom. The zero-order valence-corrected chi connectivity index (χ0v) is 21.3. The van der Waals surface area contributed by atoms with Gasteiger partial charge in [0.05, 0.1) is 5.69 Å². The summed E-state index contributed by atoms with van der Waals surface area (Å²) in [6, 6.07) is 18.6. The van der Waals surface area contributed by atoms with E-state index in [0.29, 0.717) is 30.1 Å². The van der Waals surface area contributed by atoms with Gasteiger partial charge in [-0.15, -0.1) is 0 Å². The van der Waals surface area contributed by atoms with Gasteiger partial charge in [0, 0.05) is 36.9 Å². The van der Waals surface area contributed by atoms with E-state index >= 15 is 0 Å². The van der Waals surface area contributed by atoms with Crippen molar-refractivity contribution < 1.29 is 4.79 Å². The van der Waals surface area contributed by atoms with Crippen LogP contribution in [-0.4, -0.2) is 55.9 Å². The number of carbonyl (C=O) groups is 1. The second-order valence-corrected chi connectivity index (χ2v) is 9.61. The molecule has 0 bridgehead atoms. The predicted molar refractivity (Wildman–Crippen MR) is 141 cm³/mol. The van der Waals surface area contributed by atoms with Crippen LogP contribution in [0.25, 0.3) is 16.8 Å². The third-order valence-electron chi connectivity index (χ3n) is 6.99. The van der Waals surface area contributed by atoms with Crippen LogP contribution in [0.15, 0.2) is 59.4 Å². The zero-order valence-electron chi connectivity index (χ0n) is 21.3. The van der Waals surface area contributed by atoms with Crippen molar-refractivity contribution in [1.82, 2.24) is 24.3 Å². The molecule has 1 fully saturated rings. The van der Waals surface area contributed by atoms with Crippen molar-refractivity contribution in [2.75, 3.05) is 24.5 Å². The summed E-state index contributed by atoms with van der Waals surface area (Å²) in [7, 11) is 0. The van der Waals surface area contributed by atoms with Crippen LogP contribution in [0.5, 0.6) is 0 Å². The second kappa shape index (κ2) is 9.60. The molecule has 2 aromatic heterocycles. The highest BCUT2D eigenvalue weighted by molar-refractivity contribution is 5.76. The van der Waals surface area contributed by atoms with Crippen LogP contribution in [0, 0.1) is 13.8 Å². The number of carbonyl (C=O) groups excluding carboxylic acids is 1. The normalized spacial score (nSPS) is 16.1. The molecule has 1 aliphatic heterocycles. The van der Waals surface area contributed by atoms with Crippen molar-refractivity contribution in [3.8, 4) is 11.3 Å². The zero-order chi connectivity index (χ0) is 25.4. The molecule has 0 spiro atoms. The highest BCUT2D eigenvalue weighted by Crippen LogP contribution is 2.22. The minimum Gasteiger partial charge on any atom is -0.365 e. The lowest BCUT2D eigenvalue weighted by molar-refractivity contribution is -0.132. The van der Waals surface area contributed by atoms with Crippen molar-refractivity contribution in [2.45, 2.75) is 46.7 Å². The van der Waals surface area contributed by atoms with E-state index in [0.717, 1.165) is 18.5 Å². The van der Waals surface area contributed by atoms with Gasteiger partial charge < -0.3 is 9.80 Å². The quantitative estimate of drug-likeness (QED) is 0.434. The summed E-state index contributed by atoms with van der Waals surface area (Å²) in [5.74, 6) is 0.463. The molecule has 0 saturated carbocycles. The maximum atomic E-state index is 13.2. The minimum atomic E-state index is -0.315. The Labute approximate surface area is 210 Å². The van der Waals surface area contributed by atoms with Crippen LogP contribution < -0.4 is 10.5 Å². The predicted octanol–water partition coefficient (Wildman–Crippen LogP) is 3.47. The SMILES string of the molecule is CCc1ccc(-c2cc3c(=O)n(CC(=O)N4CCN(c5cccc(C)c5)[C@H](C)C4)nc(C)n3n2)cc1. The Morgan fingerprint density at radius 3 is 2.50 bits per heavy atom. The van der Waals surface area contributed by atoms with Crippen molar-refractivity contribution >= 4 is 17.1 Å². The molecule has 1 aliphatic rings. The van der Waals surface area contributed by atoms with E-state index in [-0.39, 0.29) is 24.1 Å². The monoisotopic (exact) mass is 484 g/mol. The fourth-order valence-electron chi connectivity index (χ4n) is 4.94. The van der Waals surface area contributed by atoms with Gasteiger partial charge in [-0.3, -0.25) is 9.59 Å². The number of benzene rings is 2. The number of rotatable bonds is 5. The highest BCUT2D eigenvalue weighted by atomic mass is 16.2.